The Bertz CT molecular complexity index is 696. The predicted molar refractivity (Wildman–Crippen MR) is 84.4 cm³/mol. The van der Waals surface area contributed by atoms with Gasteiger partial charge < -0.3 is 21.8 Å². The fourth-order valence-corrected chi connectivity index (χ4v) is 1.76. The molecule has 106 valence electrons. The van der Waals surface area contributed by atoms with E-state index in [-0.39, 0.29) is 5.84 Å². The first-order valence-electron chi connectivity index (χ1n) is 6.21. The number of hydrogen-bond donors (Lipinski definition) is 5. The molecule has 0 saturated heterocycles. The number of benzene rings is 2. The molecule has 6 nitrogen and oxygen atoms in total. The molecule has 6 N–H and O–H groups in total. The predicted octanol–water partition coefficient (Wildman–Crippen LogP) is 2.61. The van der Waals surface area contributed by atoms with Gasteiger partial charge in [-0.1, -0.05) is 24.3 Å². The van der Waals surface area contributed by atoms with Gasteiger partial charge >= 0.3 is 6.03 Å². The fraction of sp³-hybridized carbons (Fsp3) is 0. The quantitative estimate of drug-likeness (QED) is 0.438. The number of nitrogens with one attached hydrogen (secondary N) is 4. The topological polar surface area (TPSA) is 115 Å². The molecule has 2 amide bonds. The van der Waals surface area contributed by atoms with Gasteiger partial charge in [-0.05, 0) is 29.8 Å². The Morgan fingerprint density at radius 2 is 1.67 bits per heavy atom. The summed E-state index contributed by atoms with van der Waals surface area (Å²) in [5.74, 6) is -0.0576. The van der Waals surface area contributed by atoms with Crippen LogP contribution in [-0.2, 0) is 0 Å². The number of nitrogens with two attached hydrogens (primary N) is 1. The highest BCUT2D eigenvalue weighted by Gasteiger charge is 2.04. The maximum Gasteiger partial charge on any atom is 0.323 e. The van der Waals surface area contributed by atoms with Crippen molar-refractivity contribution in [3.8, 4) is 0 Å². The van der Waals surface area contributed by atoms with Gasteiger partial charge in [0.1, 0.15) is 5.84 Å². The standard InChI is InChI=1S/C15H15N5O/c16-9-10-3-1-5-12(7-10)19-15(21)20-13-6-2-4-11(8-13)14(17)18/h1-9,16H,(H3,17,18)(H2,19,20,21). The molecule has 0 bridgehead atoms. The van der Waals surface area contributed by atoms with Gasteiger partial charge in [0.25, 0.3) is 0 Å². The Morgan fingerprint density at radius 1 is 1.05 bits per heavy atom. The third kappa shape index (κ3) is 3.90. The second-order valence-corrected chi connectivity index (χ2v) is 4.34. The maximum absolute atomic E-state index is 11.9. The van der Waals surface area contributed by atoms with Crippen molar-refractivity contribution in [2.45, 2.75) is 0 Å². The normalized spacial score (nSPS) is 9.71. The van der Waals surface area contributed by atoms with E-state index in [0.717, 1.165) is 0 Å². The van der Waals surface area contributed by atoms with Gasteiger partial charge in [-0.15, -0.1) is 0 Å². The van der Waals surface area contributed by atoms with Gasteiger partial charge in [-0.2, -0.15) is 0 Å². The van der Waals surface area contributed by atoms with Crippen molar-refractivity contribution in [2.24, 2.45) is 5.73 Å². The summed E-state index contributed by atoms with van der Waals surface area (Å²) in [5.41, 5.74) is 7.78. The van der Waals surface area contributed by atoms with Crippen molar-refractivity contribution in [3.63, 3.8) is 0 Å². The molecule has 6 heteroatoms. The van der Waals surface area contributed by atoms with Crippen LogP contribution in [0.5, 0.6) is 0 Å². The summed E-state index contributed by atoms with van der Waals surface area (Å²) in [4.78, 5) is 11.9. The number of urea groups is 1. The maximum atomic E-state index is 11.9. The van der Waals surface area contributed by atoms with Gasteiger partial charge in [0.05, 0.1) is 0 Å². The molecule has 21 heavy (non-hydrogen) atoms. The summed E-state index contributed by atoms with van der Waals surface area (Å²) in [6, 6.07) is 13.3. The smallest absolute Gasteiger partial charge is 0.323 e. The molecule has 2 aromatic carbocycles. The van der Waals surface area contributed by atoms with Crippen molar-refractivity contribution < 1.29 is 4.79 Å². The van der Waals surface area contributed by atoms with Crippen LogP contribution < -0.4 is 16.4 Å². The number of rotatable bonds is 4. The zero-order valence-corrected chi connectivity index (χ0v) is 11.2. The molecule has 0 spiro atoms. The molecular weight excluding hydrogens is 266 g/mol. The van der Waals surface area contributed by atoms with Crippen molar-refractivity contribution in [1.82, 2.24) is 0 Å². The van der Waals surface area contributed by atoms with E-state index in [0.29, 0.717) is 22.5 Å². The van der Waals surface area contributed by atoms with Gasteiger partial charge in [0.15, 0.2) is 0 Å². The lowest BCUT2D eigenvalue weighted by Gasteiger charge is -2.09. The molecule has 0 aliphatic carbocycles. The lowest BCUT2D eigenvalue weighted by molar-refractivity contribution is 0.262. The lowest BCUT2D eigenvalue weighted by atomic mass is 10.2. The van der Waals surface area contributed by atoms with Gasteiger partial charge in [0, 0.05) is 23.2 Å². The van der Waals surface area contributed by atoms with E-state index in [1.165, 1.54) is 6.21 Å². The van der Waals surface area contributed by atoms with E-state index < -0.39 is 6.03 Å². The van der Waals surface area contributed by atoms with Crippen molar-refractivity contribution in [1.29, 1.82) is 10.8 Å². The number of amides is 2. The van der Waals surface area contributed by atoms with Crippen LogP contribution in [0.15, 0.2) is 48.5 Å². The summed E-state index contributed by atoms with van der Waals surface area (Å²) in [7, 11) is 0. The molecule has 2 rings (SSSR count). The average Bonchev–Trinajstić information content (AvgIpc) is 2.47. The molecule has 0 aromatic heterocycles. The molecule has 0 heterocycles. The van der Waals surface area contributed by atoms with Crippen molar-refractivity contribution in [2.75, 3.05) is 10.6 Å². The van der Waals surface area contributed by atoms with Crippen LogP contribution >= 0.6 is 0 Å². The number of anilines is 2. The molecule has 0 atom stereocenters. The lowest BCUT2D eigenvalue weighted by Crippen LogP contribution is -2.20. The van der Waals surface area contributed by atoms with E-state index in [4.69, 9.17) is 16.6 Å². The van der Waals surface area contributed by atoms with E-state index in [1.807, 2.05) is 0 Å². The largest absolute Gasteiger partial charge is 0.384 e. The zero-order valence-electron chi connectivity index (χ0n) is 11.2. The van der Waals surface area contributed by atoms with Crippen LogP contribution in [0.4, 0.5) is 16.2 Å². The summed E-state index contributed by atoms with van der Waals surface area (Å²) >= 11 is 0. The Kier molecular flexibility index (Phi) is 4.30. The monoisotopic (exact) mass is 281 g/mol. The number of carbonyl (C=O) groups excluding carboxylic acids is 1. The summed E-state index contributed by atoms with van der Waals surface area (Å²) in [6.45, 7) is 0. The molecule has 0 radical (unpaired) electrons. The Balaban J connectivity index is 2.06. The van der Waals surface area contributed by atoms with E-state index in [1.54, 1.807) is 48.5 Å². The highest BCUT2D eigenvalue weighted by molar-refractivity contribution is 6.01. The highest BCUT2D eigenvalue weighted by atomic mass is 16.2. The minimum absolute atomic E-state index is 0.0576. The van der Waals surface area contributed by atoms with Gasteiger partial charge in [-0.3, -0.25) is 5.41 Å². The SMILES string of the molecule is N=Cc1cccc(NC(=O)Nc2cccc(C(=N)N)c2)c1. The number of hydrogen-bond acceptors (Lipinski definition) is 3. The third-order valence-corrected chi connectivity index (χ3v) is 2.74. The first kappa shape index (κ1) is 14.3. The van der Waals surface area contributed by atoms with Crippen LogP contribution in [0.2, 0.25) is 0 Å². The molecule has 2 aromatic rings. The third-order valence-electron chi connectivity index (χ3n) is 2.74. The van der Waals surface area contributed by atoms with E-state index in [2.05, 4.69) is 10.6 Å². The fourth-order valence-electron chi connectivity index (χ4n) is 1.76. The van der Waals surface area contributed by atoms with E-state index in [9.17, 15) is 4.79 Å². The Morgan fingerprint density at radius 3 is 2.29 bits per heavy atom. The van der Waals surface area contributed by atoms with Crippen molar-refractivity contribution in [3.05, 3.63) is 59.7 Å². The molecule has 0 fully saturated rings. The first-order valence-corrected chi connectivity index (χ1v) is 6.21. The van der Waals surface area contributed by atoms with Crippen LogP contribution in [0.1, 0.15) is 11.1 Å². The number of carbonyl (C=O) groups is 1. The van der Waals surface area contributed by atoms with E-state index >= 15 is 0 Å². The van der Waals surface area contributed by atoms with Crippen LogP contribution in [0.3, 0.4) is 0 Å². The van der Waals surface area contributed by atoms with Gasteiger partial charge in [-0.25, -0.2) is 4.79 Å². The number of nitrogen functional groups attached to an aromatic ring is 1. The first-order chi connectivity index (χ1) is 10.1. The second-order valence-electron chi connectivity index (χ2n) is 4.34. The average molecular weight is 281 g/mol. The molecule has 0 aliphatic rings. The minimum atomic E-state index is -0.405. The summed E-state index contributed by atoms with van der Waals surface area (Å²) in [6.07, 6.45) is 1.21. The van der Waals surface area contributed by atoms with Crippen LogP contribution in [0, 0.1) is 10.8 Å². The Labute approximate surface area is 122 Å². The molecule has 0 saturated carbocycles. The minimum Gasteiger partial charge on any atom is -0.384 e. The highest BCUT2D eigenvalue weighted by Crippen LogP contribution is 2.12. The molecule has 0 unspecified atom stereocenters. The Hall–Kier alpha value is -3.15. The summed E-state index contributed by atoms with van der Waals surface area (Å²) < 4.78 is 0. The number of amidine groups is 1. The van der Waals surface area contributed by atoms with Crippen LogP contribution in [-0.4, -0.2) is 18.1 Å². The second kappa shape index (κ2) is 6.33. The zero-order chi connectivity index (χ0) is 15.2. The molecular formula is C15H15N5O. The summed E-state index contributed by atoms with van der Waals surface area (Å²) in [5, 5.41) is 19.9. The molecule has 0 aliphatic heterocycles. The van der Waals surface area contributed by atoms with Crippen LogP contribution in [0.25, 0.3) is 0 Å². The van der Waals surface area contributed by atoms with Crippen molar-refractivity contribution >= 4 is 29.5 Å². The van der Waals surface area contributed by atoms with Gasteiger partial charge in [0.2, 0.25) is 0 Å².